The van der Waals surface area contributed by atoms with Gasteiger partial charge >= 0.3 is 0 Å². The van der Waals surface area contributed by atoms with Gasteiger partial charge in [-0.2, -0.15) is 0 Å². The Morgan fingerprint density at radius 2 is 1.75 bits per heavy atom. The second kappa shape index (κ2) is 9.45. The molecule has 3 N–H and O–H groups in total. The Bertz CT molecular complexity index is 462. The zero-order chi connectivity index (χ0) is 14.8. The highest BCUT2D eigenvalue weighted by molar-refractivity contribution is 5.41. The molecule has 4 nitrogen and oxygen atoms in total. The second-order valence-electron chi connectivity index (χ2n) is 4.30. The quantitative estimate of drug-likeness (QED) is 0.631. The fraction of sp³-hybridized carbons (Fsp3) is 0.467. The molecule has 0 atom stereocenters. The minimum atomic E-state index is -0.363. The van der Waals surface area contributed by atoms with Crippen LogP contribution in [0.2, 0.25) is 0 Å². The van der Waals surface area contributed by atoms with Crippen molar-refractivity contribution in [1.29, 1.82) is 0 Å². The van der Waals surface area contributed by atoms with E-state index in [1.807, 2.05) is 4.90 Å². The number of hydrogen-bond donors (Lipinski definition) is 3. The summed E-state index contributed by atoms with van der Waals surface area (Å²) in [7, 11) is 0. The molecule has 5 heteroatoms. The molecule has 1 rings (SSSR count). The molecule has 0 aromatic heterocycles. The molecule has 0 aliphatic rings. The Hall–Kier alpha value is -1.45. The number of nitrogens with zero attached hydrogens (tertiary/aromatic N) is 1. The van der Waals surface area contributed by atoms with Crippen molar-refractivity contribution in [3.8, 4) is 11.8 Å². The van der Waals surface area contributed by atoms with Gasteiger partial charge in [-0.25, -0.2) is 4.39 Å². The predicted molar refractivity (Wildman–Crippen MR) is 74.4 cm³/mol. The Morgan fingerprint density at radius 1 is 1.05 bits per heavy atom. The zero-order valence-corrected chi connectivity index (χ0v) is 11.3. The molecular weight excluding hydrogens is 261 g/mol. The summed E-state index contributed by atoms with van der Waals surface area (Å²) in [5.41, 5.74) is 1.40. The summed E-state index contributed by atoms with van der Waals surface area (Å²) < 4.78 is 13.3. The van der Waals surface area contributed by atoms with Crippen molar-refractivity contribution in [2.45, 2.75) is 13.0 Å². The molecule has 0 bridgehead atoms. The van der Waals surface area contributed by atoms with Crippen molar-refractivity contribution in [1.82, 2.24) is 4.90 Å². The van der Waals surface area contributed by atoms with Crippen LogP contribution in [0.1, 0.15) is 17.5 Å². The Kier molecular flexibility index (Phi) is 7.85. The van der Waals surface area contributed by atoms with E-state index in [0.29, 0.717) is 31.6 Å². The number of halogens is 1. The molecule has 0 unspecified atom stereocenters. The van der Waals surface area contributed by atoms with Crippen molar-refractivity contribution in [3.63, 3.8) is 0 Å². The molecule has 0 heterocycles. The van der Waals surface area contributed by atoms with Crippen LogP contribution in [0.15, 0.2) is 18.2 Å². The molecule has 0 spiro atoms. The van der Waals surface area contributed by atoms with E-state index in [0.717, 1.165) is 5.56 Å². The molecular formula is C15H20FNO3. The van der Waals surface area contributed by atoms with Gasteiger partial charge in [0.25, 0.3) is 0 Å². The molecule has 1 aromatic carbocycles. The van der Waals surface area contributed by atoms with Gasteiger partial charge in [0.2, 0.25) is 0 Å². The van der Waals surface area contributed by atoms with Crippen LogP contribution in [0, 0.1) is 17.7 Å². The highest BCUT2D eigenvalue weighted by Crippen LogP contribution is 2.13. The van der Waals surface area contributed by atoms with Crippen molar-refractivity contribution in [2.75, 3.05) is 32.9 Å². The maximum absolute atomic E-state index is 13.3. The number of aliphatic hydroxyl groups excluding tert-OH is 3. The number of benzene rings is 1. The van der Waals surface area contributed by atoms with E-state index >= 15 is 0 Å². The maximum atomic E-state index is 13.3. The molecule has 0 aliphatic carbocycles. The monoisotopic (exact) mass is 281 g/mol. The van der Waals surface area contributed by atoms with Gasteiger partial charge in [-0.05, 0) is 17.7 Å². The highest BCUT2D eigenvalue weighted by atomic mass is 19.1. The highest BCUT2D eigenvalue weighted by Gasteiger charge is 2.08. The van der Waals surface area contributed by atoms with Crippen LogP contribution in [0.25, 0.3) is 0 Å². The van der Waals surface area contributed by atoms with Gasteiger partial charge in [-0.3, -0.25) is 4.90 Å². The first-order valence-electron chi connectivity index (χ1n) is 6.53. The van der Waals surface area contributed by atoms with Crippen LogP contribution in [0.4, 0.5) is 4.39 Å². The fourth-order valence-electron chi connectivity index (χ4n) is 1.81. The molecule has 0 amide bonds. The standard InChI is InChI=1S/C15H20FNO3/c16-15-5-4-14(12-17(6-9-19)7-10-20)13(11-15)3-1-2-8-18/h4-5,11,18-20H,2,6-10,12H2. The lowest BCUT2D eigenvalue weighted by Gasteiger charge is -2.20. The van der Waals surface area contributed by atoms with Gasteiger partial charge in [-0.15, -0.1) is 0 Å². The third-order valence-corrected chi connectivity index (χ3v) is 2.76. The summed E-state index contributed by atoms with van der Waals surface area (Å²) in [6.45, 7) is 1.30. The van der Waals surface area contributed by atoms with E-state index in [9.17, 15) is 4.39 Å². The van der Waals surface area contributed by atoms with E-state index in [4.69, 9.17) is 15.3 Å². The average Bonchev–Trinajstić information content (AvgIpc) is 2.42. The number of rotatable bonds is 7. The SMILES string of the molecule is OCCC#Cc1cc(F)ccc1CN(CCO)CCO. The summed E-state index contributed by atoms with van der Waals surface area (Å²) in [5, 5.41) is 26.7. The molecule has 0 saturated carbocycles. The van der Waals surface area contributed by atoms with Crippen LogP contribution in [-0.2, 0) is 6.54 Å². The van der Waals surface area contributed by atoms with Crippen LogP contribution in [0.3, 0.4) is 0 Å². The third-order valence-electron chi connectivity index (χ3n) is 2.76. The molecule has 0 aliphatic heterocycles. The first kappa shape index (κ1) is 16.6. The number of hydrogen-bond acceptors (Lipinski definition) is 4. The van der Waals surface area contributed by atoms with Gasteiger partial charge in [0.15, 0.2) is 0 Å². The van der Waals surface area contributed by atoms with Crippen LogP contribution in [0.5, 0.6) is 0 Å². The molecule has 20 heavy (non-hydrogen) atoms. The summed E-state index contributed by atoms with van der Waals surface area (Å²) in [6.07, 6.45) is 0.340. The summed E-state index contributed by atoms with van der Waals surface area (Å²) >= 11 is 0. The molecule has 0 fully saturated rings. The minimum absolute atomic E-state index is 0.00722. The van der Waals surface area contributed by atoms with Crippen molar-refractivity contribution in [2.24, 2.45) is 0 Å². The Balaban J connectivity index is 2.89. The minimum Gasteiger partial charge on any atom is -0.395 e. The molecule has 0 radical (unpaired) electrons. The van der Waals surface area contributed by atoms with E-state index < -0.39 is 0 Å². The normalized spacial score (nSPS) is 10.4. The van der Waals surface area contributed by atoms with Crippen molar-refractivity contribution in [3.05, 3.63) is 35.1 Å². The van der Waals surface area contributed by atoms with E-state index in [1.54, 1.807) is 6.07 Å². The van der Waals surface area contributed by atoms with Crippen molar-refractivity contribution >= 4 is 0 Å². The van der Waals surface area contributed by atoms with Gasteiger partial charge in [0, 0.05) is 31.6 Å². The summed E-state index contributed by atoms with van der Waals surface area (Å²) in [5.74, 6) is 5.25. The van der Waals surface area contributed by atoms with Crippen LogP contribution >= 0.6 is 0 Å². The Morgan fingerprint density at radius 3 is 2.35 bits per heavy atom. The predicted octanol–water partition coefficient (Wildman–Crippen LogP) is 0.346. The van der Waals surface area contributed by atoms with Gasteiger partial charge < -0.3 is 15.3 Å². The van der Waals surface area contributed by atoms with Crippen LogP contribution < -0.4 is 0 Å². The second-order valence-corrected chi connectivity index (χ2v) is 4.30. The average molecular weight is 281 g/mol. The third kappa shape index (κ3) is 5.68. The smallest absolute Gasteiger partial charge is 0.124 e. The van der Waals surface area contributed by atoms with Crippen LogP contribution in [-0.4, -0.2) is 53.1 Å². The van der Waals surface area contributed by atoms with Gasteiger partial charge in [0.05, 0.1) is 19.8 Å². The largest absolute Gasteiger partial charge is 0.395 e. The Labute approximate surface area is 118 Å². The number of aliphatic hydroxyl groups is 3. The first-order chi connectivity index (χ1) is 9.71. The summed E-state index contributed by atoms with van der Waals surface area (Å²) in [6, 6.07) is 4.37. The summed E-state index contributed by atoms with van der Waals surface area (Å²) in [4.78, 5) is 1.87. The lowest BCUT2D eigenvalue weighted by molar-refractivity contribution is 0.156. The van der Waals surface area contributed by atoms with Gasteiger partial charge in [-0.1, -0.05) is 17.9 Å². The lowest BCUT2D eigenvalue weighted by atomic mass is 10.1. The van der Waals surface area contributed by atoms with Gasteiger partial charge in [0.1, 0.15) is 5.82 Å². The molecule has 110 valence electrons. The van der Waals surface area contributed by atoms with E-state index in [1.165, 1.54) is 12.1 Å². The zero-order valence-electron chi connectivity index (χ0n) is 11.3. The maximum Gasteiger partial charge on any atom is 0.124 e. The fourth-order valence-corrected chi connectivity index (χ4v) is 1.81. The van der Waals surface area contributed by atoms with E-state index in [-0.39, 0.29) is 25.6 Å². The topological polar surface area (TPSA) is 63.9 Å². The van der Waals surface area contributed by atoms with E-state index in [2.05, 4.69) is 11.8 Å². The first-order valence-corrected chi connectivity index (χ1v) is 6.53. The van der Waals surface area contributed by atoms with Crippen molar-refractivity contribution < 1.29 is 19.7 Å². The molecule has 0 saturated heterocycles. The lowest BCUT2D eigenvalue weighted by Crippen LogP contribution is -2.29. The molecule has 1 aromatic rings.